The average molecular weight is 220 g/mol. The van der Waals surface area contributed by atoms with E-state index in [0.717, 1.165) is 19.5 Å². The first-order valence-corrected chi connectivity index (χ1v) is 5.80. The van der Waals surface area contributed by atoms with E-state index >= 15 is 0 Å². The van der Waals surface area contributed by atoms with Gasteiger partial charge in [-0.2, -0.15) is 0 Å². The van der Waals surface area contributed by atoms with Crippen molar-refractivity contribution < 1.29 is 0 Å². The summed E-state index contributed by atoms with van der Waals surface area (Å²) in [5.74, 6) is 0. The molecule has 16 heavy (non-hydrogen) atoms. The fourth-order valence-electron chi connectivity index (χ4n) is 2.20. The van der Waals surface area contributed by atoms with Gasteiger partial charge >= 0.3 is 0 Å². The van der Waals surface area contributed by atoms with E-state index < -0.39 is 0 Å². The maximum Gasteiger partial charge on any atom is 0.112 e. The van der Waals surface area contributed by atoms with E-state index in [1.807, 2.05) is 6.07 Å². The molecule has 2 rings (SSSR count). The molecule has 1 aromatic carbocycles. The van der Waals surface area contributed by atoms with Gasteiger partial charge in [-0.1, -0.05) is 30.3 Å². The summed E-state index contributed by atoms with van der Waals surface area (Å²) < 4.78 is 0. The smallest absolute Gasteiger partial charge is 0.112 e. The van der Waals surface area contributed by atoms with E-state index in [0.29, 0.717) is 12.6 Å². The van der Waals surface area contributed by atoms with Crippen LogP contribution in [0.4, 0.5) is 0 Å². The van der Waals surface area contributed by atoms with Gasteiger partial charge in [-0.25, -0.2) is 0 Å². The molecule has 4 heteroatoms. The summed E-state index contributed by atoms with van der Waals surface area (Å²) in [6, 6.07) is 10.9. The molecule has 1 fully saturated rings. The molecule has 5 N–H and O–H groups in total. The first kappa shape index (κ1) is 11.5. The maximum absolute atomic E-state index is 6.02. The Morgan fingerprint density at radius 3 is 2.75 bits per heavy atom. The summed E-state index contributed by atoms with van der Waals surface area (Å²) in [4.78, 5) is 2.28. The summed E-state index contributed by atoms with van der Waals surface area (Å²) in [6.45, 7) is 2.54. The third kappa shape index (κ3) is 2.59. The van der Waals surface area contributed by atoms with Gasteiger partial charge < -0.3 is 11.5 Å². The molecule has 88 valence electrons. The number of benzene rings is 1. The Kier molecular flexibility index (Phi) is 3.90. The van der Waals surface area contributed by atoms with E-state index in [-0.39, 0.29) is 6.29 Å². The zero-order valence-corrected chi connectivity index (χ0v) is 9.47. The summed E-state index contributed by atoms with van der Waals surface area (Å²) >= 11 is 0. The molecule has 2 atom stereocenters. The largest absolute Gasteiger partial charge is 0.330 e. The van der Waals surface area contributed by atoms with Crippen LogP contribution in [0.25, 0.3) is 0 Å². The van der Waals surface area contributed by atoms with Crippen molar-refractivity contribution in [3.63, 3.8) is 0 Å². The van der Waals surface area contributed by atoms with E-state index in [2.05, 4.69) is 34.5 Å². The number of nitrogens with zero attached hydrogens (tertiary/aromatic N) is 1. The van der Waals surface area contributed by atoms with Gasteiger partial charge in [0, 0.05) is 19.1 Å². The summed E-state index contributed by atoms with van der Waals surface area (Å²) in [7, 11) is 0. The SMILES string of the molecule is NCC[C@@H]1CNC(N)N1Cc1ccccc1. The highest BCUT2D eigenvalue weighted by atomic mass is 15.4. The van der Waals surface area contributed by atoms with Gasteiger partial charge in [-0.05, 0) is 18.5 Å². The molecule has 1 aromatic rings. The van der Waals surface area contributed by atoms with Crippen molar-refractivity contribution in [2.24, 2.45) is 11.5 Å². The highest BCUT2D eigenvalue weighted by molar-refractivity contribution is 5.15. The Labute approximate surface area is 96.6 Å². The molecule has 0 aromatic heterocycles. The highest BCUT2D eigenvalue weighted by Gasteiger charge is 2.29. The van der Waals surface area contributed by atoms with E-state index in [4.69, 9.17) is 11.5 Å². The van der Waals surface area contributed by atoms with Gasteiger partial charge in [0.2, 0.25) is 0 Å². The van der Waals surface area contributed by atoms with Gasteiger partial charge in [-0.3, -0.25) is 10.2 Å². The predicted molar refractivity (Wildman–Crippen MR) is 65.4 cm³/mol. The molecule has 1 aliphatic heterocycles. The minimum Gasteiger partial charge on any atom is -0.330 e. The van der Waals surface area contributed by atoms with Crippen molar-refractivity contribution in [2.75, 3.05) is 13.1 Å². The van der Waals surface area contributed by atoms with Crippen LogP contribution in [0.3, 0.4) is 0 Å². The molecule has 1 heterocycles. The topological polar surface area (TPSA) is 67.3 Å². The standard InChI is InChI=1S/C12H20N4/c13-7-6-11-8-15-12(14)16(11)9-10-4-2-1-3-5-10/h1-5,11-12,15H,6-9,13-14H2/t11-,12?/m1/s1. The first-order chi connectivity index (χ1) is 7.81. The molecule has 0 saturated carbocycles. The first-order valence-electron chi connectivity index (χ1n) is 5.80. The number of hydrogen-bond acceptors (Lipinski definition) is 4. The normalized spacial score (nSPS) is 26.1. The van der Waals surface area contributed by atoms with Gasteiger partial charge in [0.1, 0.15) is 6.29 Å². The molecule has 1 unspecified atom stereocenters. The second-order valence-corrected chi connectivity index (χ2v) is 4.24. The Hall–Kier alpha value is -0.940. The molecule has 0 bridgehead atoms. The minimum atomic E-state index is -0.0447. The zero-order chi connectivity index (χ0) is 11.4. The lowest BCUT2D eigenvalue weighted by molar-refractivity contribution is 0.177. The Bertz CT molecular complexity index is 312. The molecular weight excluding hydrogens is 200 g/mol. The number of nitrogens with two attached hydrogens (primary N) is 2. The van der Waals surface area contributed by atoms with Crippen LogP contribution in [0.15, 0.2) is 30.3 Å². The molecule has 0 spiro atoms. The number of hydrogen-bond donors (Lipinski definition) is 3. The van der Waals surface area contributed by atoms with Crippen LogP contribution in [-0.4, -0.2) is 30.3 Å². The third-order valence-electron chi connectivity index (χ3n) is 3.10. The third-order valence-corrected chi connectivity index (χ3v) is 3.10. The summed E-state index contributed by atoms with van der Waals surface area (Å²) in [6.07, 6.45) is 0.949. The van der Waals surface area contributed by atoms with Crippen molar-refractivity contribution >= 4 is 0 Å². The lowest BCUT2D eigenvalue weighted by Crippen LogP contribution is -2.45. The second kappa shape index (κ2) is 5.41. The summed E-state index contributed by atoms with van der Waals surface area (Å²) in [5.41, 5.74) is 12.9. The Balaban J connectivity index is 2.01. The van der Waals surface area contributed by atoms with Gasteiger partial charge in [0.05, 0.1) is 0 Å². The minimum absolute atomic E-state index is 0.0447. The van der Waals surface area contributed by atoms with Crippen molar-refractivity contribution in [3.8, 4) is 0 Å². The number of nitrogens with one attached hydrogen (secondary N) is 1. The maximum atomic E-state index is 6.02. The van der Waals surface area contributed by atoms with Crippen LogP contribution >= 0.6 is 0 Å². The molecule has 0 radical (unpaired) electrons. The van der Waals surface area contributed by atoms with Crippen LogP contribution < -0.4 is 16.8 Å². The van der Waals surface area contributed by atoms with Gasteiger partial charge in [0.15, 0.2) is 0 Å². The van der Waals surface area contributed by atoms with Crippen LogP contribution in [0, 0.1) is 0 Å². The van der Waals surface area contributed by atoms with E-state index in [9.17, 15) is 0 Å². The van der Waals surface area contributed by atoms with Crippen molar-refractivity contribution in [2.45, 2.75) is 25.3 Å². The fraction of sp³-hybridized carbons (Fsp3) is 0.500. The predicted octanol–water partition coefficient (Wildman–Crippen LogP) is 0.0515. The Morgan fingerprint density at radius 1 is 1.31 bits per heavy atom. The second-order valence-electron chi connectivity index (χ2n) is 4.24. The van der Waals surface area contributed by atoms with Crippen LogP contribution in [0.2, 0.25) is 0 Å². The van der Waals surface area contributed by atoms with Crippen molar-refractivity contribution in [1.82, 2.24) is 10.2 Å². The lowest BCUT2D eigenvalue weighted by Gasteiger charge is -2.26. The van der Waals surface area contributed by atoms with Crippen LogP contribution in [0.5, 0.6) is 0 Å². The fourth-order valence-corrected chi connectivity index (χ4v) is 2.20. The van der Waals surface area contributed by atoms with Crippen LogP contribution in [-0.2, 0) is 6.54 Å². The van der Waals surface area contributed by atoms with Crippen molar-refractivity contribution in [3.05, 3.63) is 35.9 Å². The van der Waals surface area contributed by atoms with Gasteiger partial charge in [0.25, 0.3) is 0 Å². The molecule has 4 nitrogen and oxygen atoms in total. The number of rotatable bonds is 4. The molecular formula is C12H20N4. The van der Waals surface area contributed by atoms with Crippen molar-refractivity contribution in [1.29, 1.82) is 0 Å². The lowest BCUT2D eigenvalue weighted by atomic mass is 10.1. The molecule has 1 aliphatic rings. The average Bonchev–Trinajstić information content (AvgIpc) is 2.64. The zero-order valence-electron chi connectivity index (χ0n) is 9.47. The quantitative estimate of drug-likeness (QED) is 0.671. The molecule has 0 aliphatic carbocycles. The highest BCUT2D eigenvalue weighted by Crippen LogP contribution is 2.15. The van der Waals surface area contributed by atoms with Crippen LogP contribution in [0.1, 0.15) is 12.0 Å². The molecule has 0 amide bonds. The van der Waals surface area contributed by atoms with E-state index in [1.165, 1.54) is 5.56 Å². The summed E-state index contributed by atoms with van der Waals surface area (Å²) in [5, 5.41) is 3.27. The molecule has 1 saturated heterocycles. The van der Waals surface area contributed by atoms with Gasteiger partial charge in [-0.15, -0.1) is 0 Å². The monoisotopic (exact) mass is 220 g/mol. The Morgan fingerprint density at radius 2 is 2.06 bits per heavy atom. The van der Waals surface area contributed by atoms with E-state index in [1.54, 1.807) is 0 Å².